The maximum Gasteiger partial charge on any atom is 0.338 e. The van der Waals surface area contributed by atoms with Crippen LogP contribution in [0.3, 0.4) is 0 Å². The van der Waals surface area contributed by atoms with E-state index >= 15 is 13.6 Å². The van der Waals surface area contributed by atoms with E-state index in [1.54, 1.807) is 54.9 Å². The molecular formula is C47H49F2N9O4S. The Morgan fingerprint density at radius 3 is 2.38 bits per heavy atom. The fourth-order valence-electron chi connectivity index (χ4n) is 9.12. The number of imidazole rings is 1. The van der Waals surface area contributed by atoms with Crippen LogP contribution >= 0.6 is 0 Å². The Labute approximate surface area is 364 Å². The van der Waals surface area contributed by atoms with E-state index in [1.165, 1.54) is 46.3 Å². The zero-order valence-electron chi connectivity index (χ0n) is 36.1. The number of rotatable bonds is 9. The zero-order chi connectivity index (χ0) is 44.3. The van der Waals surface area contributed by atoms with Crippen molar-refractivity contribution in [3.05, 3.63) is 147 Å². The second kappa shape index (κ2) is 16.5. The molecule has 16 heteroatoms. The van der Waals surface area contributed by atoms with Gasteiger partial charge in [0.1, 0.15) is 23.1 Å². The third-order valence-corrected chi connectivity index (χ3v) is 15.0. The molecule has 13 nitrogen and oxygen atoms in total. The number of aryl methyl sites for hydroxylation is 3. The maximum atomic E-state index is 15.9. The highest BCUT2D eigenvalue weighted by Crippen LogP contribution is 2.38. The van der Waals surface area contributed by atoms with Gasteiger partial charge in [0.15, 0.2) is 0 Å². The summed E-state index contributed by atoms with van der Waals surface area (Å²) in [6.45, 7) is 10.9. The lowest BCUT2D eigenvalue weighted by atomic mass is 9.91. The van der Waals surface area contributed by atoms with Gasteiger partial charge in [-0.15, -0.1) is 0 Å². The number of benzene rings is 3. The number of hydrogen-bond acceptors (Lipinski definition) is 8. The molecule has 0 radical (unpaired) electrons. The molecule has 1 fully saturated rings. The minimum Gasteiger partial charge on any atom is -0.381 e. The topological polar surface area (TPSA) is 134 Å². The minimum absolute atomic E-state index is 0.0409. The molecular weight excluding hydrogens is 825 g/mol. The van der Waals surface area contributed by atoms with Crippen molar-refractivity contribution in [1.82, 2.24) is 38.3 Å². The first-order valence-electron chi connectivity index (χ1n) is 21.2. The molecule has 1 unspecified atom stereocenters. The summed E-state index contributed by atoms with van der Waals surface area (Å²) < 4.78 is 60.1. The van der Waals surface area contributed by atoms with Crippen LogP contribution < -0.4 is 5.69 Å². The van der Waals surface area contributed by atoms with Crippen molar-refractivity contribution in [1.29, 1.82) is 0 Å². The first-order valence-corrected chi connectivity index (χ1v) is 22.9. The van der Waals surface area contributed by atoms with Crippen molar-refractivity contribution in [2.24, 2.45) is 4.36 Å². The van der Waals surface area contributed by atoms with Gasteiger partial charge in [0.05, 0.1) is 61.9 Å². The summed E-state index contributed by atoms with van der Waals surface area (Å²) in [4.78, 5) is 40.9. The number of nitrogens with zero attached hydrogens (tertiary/aromatic N) is 9. The van der Waals surface area contributed by atoms with Crippen molar-refractivity contribution in [3.8, 4) is 17.2 Å². The van der Waals surface area contributed by atoms with E-state index in [4.69, 9.17) is 9.84 Å². The molecule has 0 aliphatic carbocycles. The van der Waals surface area contributed by atoms with Crippen molar-refractivity contribution >= 4 is 26.5 Å². The van der Waals surface area contributed by atoms with Gasteiger partial charge in [-0.1, -0.05) is 13.0 Å². The predicted octanol–water partition coefficient (Wildman–Crippen LogP) is 7.94. The molecule has 6 heterocycles. The van der Waals surface area contributed by atoms with Gasteiger partial charge >= 0.3 is 5.69 Å². The van der Waals surface area contributed by atoms with Crippen molar-refractivity contribution < 1.29 is 22.5 Å². The molecule has 2 atom stereocenters. The fourth-order valence-corrected chi connectivity index (χ4v) is 10.5. The normalized spacial score (nSPS) is 16.6. The molecule has 7 aromatic rings. The van der Waals surface area contributed by atoms with E-state index in [0.717, 1.165) is 35.5 Å². The number of carbonyl (C=O) groups excluding carboxylic acids is 1. The van der Waals surface area contributed by atoms with Gasteiger partial charge in [-0.2, -0.15) is 5.10 Å². The molecule has 0 N–H and O–H groups in total. The third kappa shape index (κ3) is 7.38. The minimum atomic E-state index is -2.83. The molecule has 0 bridgehead atoms. The van der Waals surface area contributed by atoms with Crippen LogP contribution in [0, 0.1) is 32.4 Å². The van der Waals surface area contributed by atoms with E-state index in [1.807, 2.05) is 24.5 Å². The summed E-state index contributed by atoms with van der Waals surface area (Å²) in [7, 11) is -1.38. The lowest BCUT2D eigenvalue weighted by Crippen LogP contribution is -2.40. The molecule has 63 heavy (non-hydrogen) atoms. The molecule has 2 aliphatic heterocycles. The average Bonchev–Trinajstić information content (AvgIpc) is 3.98. The summed E-state index contributed by atoms with van der Waals surface area (Å²) in [5, 5.41) is 5.98. The SMILES string of the molecule is CCS(=O)(=NC)c1ccc(-n2ccn(-c3c4c(nn3-c3cc(C)c(F)c(C)c3)CCN(C(=O)c3cc5cc(C6CCOCC6)ccc5n3Cc3cnc(C)cn3)[C@H]4C)c2=O)c(F)c1. The van der Waals surface area contributed by atoms with Crippen LogP contribution in [-0.4, -0.2) is 81.0 Å². The maximum absolute atomic E-state index is 15.9. The van der Waals surface area contributed by atoms with Gasteiger partial charge in [0.25, 0.3) is 5.91 Å². The quantitative estimate of drug-likeness (QED) is 0.144. The summed E-state index contributed by atoms with van der Waals surface area (Å²) in [6, 6.07) is 15.2. The second-order valence-electron chi connectivity index (χ2n) is 16.4. The molecule has 0 saturated carbocycles. The summed E-state index contributed by atoms with van der Waals surface area (Å²) >= 11 is 0. The number of halogens is 2. The van der Waals surface area contributed by atoms with Crippen molar-refractivity contribution in [2.75, 3.05) is 32.6 Å². The Hall–Kier alpha value is -6.26. The first kappa shape index (κ1) is 42.1. The highest BCUT2D eigenvalue weighted by atomic mass is 32.2. The van der Waals surface area contributed by atoms with Gasteiger partial charge in [0, 0.05) is 74.0 Å². The molecule has 1 saturated heterocycles. The van der Waals surface area contributed by atoms with E-state index in [-0.39, 0.29) is 28.1 Å². The van der Waals surface area contributed by atoms with E-state index < -0.39 is 27.3 Å². The molecule has 326 valence electrons. The summed E-state index contributed by atoms with van der Waals surface area (Å²) in [5.74, 6) is -0.387. The van der Waals surface area contributed by atoms with Crippen LogP contribution in [0.25, 0.3) is 28.1 Å². The zero-order valence-corrected chi connectivity index (χ0v) is 37.0. The third-order valence-electron chi connectivity index (χ3n) is 12.6. The fraction of sp³-hybridized carbons (Fsp3) is 0.340. The van der Waals surface area contributed by atoms with Gasteiger partial charge in [0.2, 0.25) is 0 Å². The predicted molar refractivity (Wildman–Crippen MR) is 237 cm³/mol. The van der Waals surface area contributed by atoms with Crippen LogP contribution in [0.4, 0.5) is 8.78 Å². The Morgan fingerprint density at radius 1 is 0.952 bits per heavy atom. The second-order valence-corrected chi connectivity index (χ2v) is 19.1. The smallest absolute Gasteiger partial charge is 0.338 e. The average molecular weight is 874 g/mol. The van der Waals surface area contributed by atoms with Crippen LogP contribution in [0.15, 0.2) is 93.4 Å². The number of ether oxygens (including phenoxy) is 1. The number of amides is 1. The first-order chi connectivity index (χ1) is 30.3. The van der Waals surface area contributed by atoms with Gasteiger partial charge in [-0.3, -0.25) is 23.9 Å². The molecule has 9 rings (SSSR count). The van der Waals surface area contributed by atoms with Crippen LogP contribution in [0.5, 0.6) is 0 Å². The standard InChI is InChI=1S/C47H49F2N9O4S/c1-7-63(61,50-6)37-9-11-41(38(48)24-37)55-16-17-56(47(55)60)45-43-31(5)54(15-12-39(43)53-58(45)36-20-28(2)44(49)29(3)21-36)46(59)42-23-34-22-33(32-13-18-62-19-14-32)8-10-40(34)57(42)27-35-26-51-30(4)25-52-35/h8-11,16-17,20-26,31-32H,7,12-15,18-19,27H2,1-6H3/t31-,63?/m0/s1. The van der Waals surface area contributed by atoms with Gasteiger partial charge in [-0.05, 0) is 112 Å². The Morgan fingerprint density at radius 2 is 1.70 bits per heavy atom. The Bertz CT molecular complexity index is 3090. The molecule has 2 aliphatic rings. The number of fused-ring (bicyclic) bond motifs is 2. The summed E-state index contributed by atoms with van der Waals surface area (Å²) in [5.41, 5.74) is 6.06. The number of carbonyl (C=O) groups is 1. The van der Waals surface area contributed by atoms with Gasteiger partial charge in [-0.25, -0.2) is 26.8 Å². The Balaban J connectivity index is 1.16. The highest BCUT2D eigenvalue weighted by molar-refractivity contribution is 7.93. The largest absolute Gasteiger partial charge is 0.381 e. The number of hydrogen-bond donors (Lipinski definition) is 0. The van der Waals surface area contributed by atoms with Gasteiger partial charge < -0.3 is 14.2 Å². The van der Waals surface area contributed by atoms with E-state index in [2.05, 4.69) is 32.5 Å². The molecule has 1 amide bonds. The van der Waals surface area contributed by atoms with Crippen LogP contribution in [0.1, 0.15) is 88.5 Å². The lowest BCUT2D eigenvalue weighted by Gasteiger charge is -2.34. The Kier molecular flexibility index (Phi) is 11.0. The molecule has 0 spiro atoms. The molecule has 3 aromatic carbocycles. The van der Waals surface area contributed by atoms with E-state index in [9.17, 15) is 9.00 Å². The summed E-state index contributed by atoms with van der Waals surface area (Å²) in [6.07, 6.45) is 8.68. The van der Waals surface area contributed by atoms with Crippen molar-refractivity contribution in [3.63, 3.8) is 0 Å². The lowest BCUT2D eigenvalue weighted by molar-refractivity contribution is 0.0667. The van der Waals surface area contributed by atoms with E-state index in [0.29, 0.717) is 83.9 Å². The molecule has 4 aromatic heterocycles. The van der Waals surface area contributed by atoms with Crippen molar-refractivity contribution in [2.45, 2.75) is 77.3 Å². The highest BCUT2D eigenvalue weighted by Gasteiger charge is 2.37. The van der Waals surface area contributed by atoms with Crippen LogP contribution in [0.2, 0.25) is 0 Å². The number of aromatic nitrogens is 7. The monoisotopic (exact) mass is 873 g/mol. The van der Waals surface area contributed by atoms with Crippen LogP contribution in [-0.2, 0) is 27.4 Å².